The van der Waals surface area contributed by atoms with Gasteiger partial charge in [-0.1, -0.05) is 6.07 Å². The van der Waals surface area contributed by atoms with Crippen LogP contribution in [0.15, 0.2) is 24.5 Å². The van der Waals surface area contributed by atoms with Gasteiger partial charge >= 0.3 is 11.9 Å². The molecular weight excluding hydrogens is 455 g/mol. The van der Waals surface area contributed by atoms with E-state index in [0.29, 0.717) is 24.8 Å². The number of hydrogen-bond acceptors (Lipinski definition) is 8. The van der Waals surface area contributed by atoms with Gasteiger partial charge in [0.1, 0.15) is 17.4 Å². The standard InChI is InChI=1S/C25H31FN4O5/c26-20-15-27-14-19(16-6-7-16)22(20)25(34)35-30(21(10-13-31)24(32)33)12-2-1-5-18-9-8-17-4-3-11-28-23(17)29-18/h8-9,14-16,21,31H,1-7,10-13H2,(H,28,29)(H,32,33)/t21-/m0/s1. The van der Waals surface area contributed by atoms with Gasteiger partial charge < -0.3 is 20.4 Å². The maximum absolute atomic E-state index is 14.5. The van der Waals surface area contributed by atoms with Gasteiger partial charge in [-0.05, 0) is 74.5 Å². The largest absolute Gasteiger partial charge is 0.480 e. The fraction of sp³-hybridized carbons (Fsp3) is 0.520. The molecule has 1 aliphatic heterocycles. The van der Waals surface area contributed by atoms with Gasteiger partial charge in [-0.3, -0.25) is 9.78 Å². The van der Waals surface area contributed by atoms with Crippen molar-refractivity contribution in [1.82, 2.24) is 15.0 Å². The van der Waals surface area contributed by atoms with E-state index in [-0.39, 0.29) is 24.4 Å². The number of unbranched alkanes of at least 4 members (excludes halogenated alkanes) is 1. The van der Waals surface area contributed by atoms with Crippen LogP contribution in [0.4, 0.5) is 10.2 Å². The molecule has 1 atom stereocenters. The highest BCUT2D eigenvalue weighted by Crippen LogP contribution is 2.42. The second kappa shape index (κ2) is 11.5. The van der Waals surface area contributed by atoms with Crippen molar-refractivity contribution in [2.45, 2.75) is 63.3 Å². The van der Waals surface area contributed by atoms with Gasteiger partial charge in [0, 0.05) is 31.6 Å². The number of anilines is 1. The fourth-order valence-electron chi connectivity index (χ4n) is 4.38. The molecule has 188 valence electrons. The Morgan fingerprint density at radius 1 is 1.26 bits per heavy atom. The number of aliphatic hydroxyl groups excluding tert-OH is 1. The summed E-state index contributed by atoms with van der Waals surface area (Å²) in [6.07, 6.45) is 7.94. The van der Waals surface area contributed by atoms with Crippen LogP contribution in [0.25, 0.3) is 0 Å². The number of nitrogens with zero attached hydrogens (tertiary/aromatic N) is 3. The Labute approximate surface area is 203 Å². The van der Waals surface area contributed by atoms with E-state index in [2.05, 4.69) is 21.4 Å². The van der Waals surface area contributed by atoms with E-state index in [1.54, 1.807) is 0 Å². The monoisotopic (exact) mass is 486 g/mol. The number of hydrogen-bond donors (Lipinski definition) is 3. The Balaban J connectivity index is 1.41. The molecule has 0 bridgehead atoms. The summed E-state index contributed by atoms with van der Waals surface area (Å²) in [5.74, 6) is -1.99. The molecule has 3 N–H and O–H groups in total. The number of carboxylic acid groups (broad SMARTS) is 1. The smallest absolute Gasteiger partial charge is 0.360 e. The number of aryl methyl sites for hydroxylation is 2. The number of aromatic nitrogens is 2. The van der Waals surface area contributed by atoms with Gasteiger partial charge in [0.15, 0.2) is 5.82 Å². The van der Waals surface area contributed by atoms with Crippen LogP contribution in [-0.4, -0.2) is 62.9 Å². The molecule has 2 aromatic rings. The summed E-state index contributed by atoms with van der Waals surface area (Å²) in [6, 6.07) is 2.84. The van der Waals surface area contributed by atoms with E-state index in [1.807, 2.05) is 6.07 Å². The third-order valence-electron chi connectivity index (χ3n) is 6.40. The van der Waals surface area contributed by atoms with Crippen LogP contribution >= 0.6 is 0 Å². The minimum Gasteiger partial charge on any atom is -0.480 e. The van der Waals surface area contributed by atoms with Crippen LogP contribution in [0.3, 0.4) is 0 Å². The number of nitrogens with one attached hydrogen (secondary N) is 1. The minimum atomic E-state index is -1.25. The lowest BCUT2D eigenvalue weighted by Gasteiger charge is -2.27. The average Bonchev–Trinajstić information content (AvgIpc) is 3.69. The number of aliphatic carboxylic acids is 1. The highest BCUT2D eigenvalue weighted by molar-refractivity contribution is 5.91. The van der Waals surface area contributed by atoms with Crippen LogP contribution in [0.2, 0.25) is 0 Å². The number of aliphatic hydroxyl groups is 1. The summed E-state index contributed by atoms with van der Waals surface area (Å²) in [5, 5.41) is 23.4. The number of pyridine rings is 2. The summed E-state index contributed by atoms with van der Waals surface area (Å²) >= 11 is 0. The summed E-state index contributed by atoms with van der Waals surface area (Å²) in [5.41, 5.74) is 2.42. The lowest BCUT2D eigenvalue weighted by Crippen LogP contribution is -2.44. The van der Waals surface area contributed by atoms with E-state index in [1.165, 1.54) is 11.8 Å². The van der Waals surface area contributed by atoms with Gasteiger partial charge in [0.25, 0.3) is 0 Å². The molecule has 0 saturated heterocycles. The predicted octanol–water partition coefficient (Wildman–Crippen LogP) is 3.08. The third-order valence-corrected chi connectivity index (χ3v) is 6.40. The summed E-state index contributed by atoms with van der Waals surface area (Å²) < 4.78 is 14.5. The molecule has 2 aliphatic rings. The first-order valence-electron chi connectivity index (χ1n) is 12.2. The van der Waals surface area contributed by atoms with Gasteiger partial charge in [0.2, 0.25) is 0 Å². The van der Waals surface area contributed by atoms with Crippen LogP contribution in [0, 0.1) is 5.82 Å². The zero-order chi connectivity index (χ0) is 24.8. The molecule has 4 rings (SSSR count). The highest BCUT2D eigenvalue weighted by Gasteiger charge is 2.34. The first kappa shape index (κ1) is 25.0. The van der Waals surface area contributed by atoms with Crippen LogP contribution in [0.1, 0.15) is 71.6 Å². The normalized spacial score (nSPS) is 15.9. The fourth-order valence-corrected chi connectivity index (χ4v) is 4.38. The molecule has 0 aromatic carbocycles. The number of rotatable bonds is 12. The van der Waals surface area contributed by atoms with Gasteiger partial charge in [-0.25, -0.2) is 14.2 Å². The van der Waals surface area contributed by atoms with E-state index >= 15 is 0 Å². The van der Waals surface area contributed by atoms with Crippen molar-refractivity contribution in [2.24, 2.45) is 0 Å². The molecule has 35 heavy (non-hydrogen) atoms. The number of carbonyl (C=O) groups is 2. The molecule has 0 radical (unpaired) electrons. The number of hydroxylamine groups is 2. The van der Waals surface area contributed by atoms with Crippen LogP contribution in [0.5, 0.6) is 0 Å². The summed E-state index contributed by atoms with van der Waals surface area (Å²) in [6.45, 7) is 0.636. The number of halogens is 1. The van der Waals surface area contributed by atoms with Crippen LogP contribution < -0.4 is 5.32 Å². The van der Waals surface area contributed by atoms with Crippen molar-refractivity contribution in [1.29, 1.82) is 0 Å². The van der Waals surface area contributed by atoms with Gasteiger partial charge in [-0.2, -0.15) is 0 Å². The lowest BCUT2D eigenvalue weighted by molar-refractivity contribution is -0.174. The van der Waals surface area contributed by atoms with Crippen LogP contribution in [-0.2, 0) is 22.5 Å². The zero-order valence-electron chi connectivity index (χ0n) is 19.6. The van der Waals surface area contributed by atoms with Gasteiger partial charge in [-0.15, -0.1) is 5.06 Å². The van der Waals surface area contributed by atoms with Gasteiger partial charge in [0.05, 0.1) is 6.20 Å². The molecule has 0 spiro atoms. The molecule has 0 amide bonds. The van der Waals surface area contributed by atoms with Crippen molar-refractivity contribution in [3.8, 4) is 0 Å². The second-order valence-electron chi connectivity index (χ2n) is 9.04. The zero-order valence-corrected chi connectivity index (χ0v) is 19.6. The van der Waals surface area contributed by atoms with Crippen molar-refractivity contribution in [2.75, 3.05) is 25.0 Å². The summed E-state index contributed by atoms with van der Waals surface area (Å²) in [7, 11) is 0. The summed E-state index contributed by atoms with van der Waals surface area (Å²) in [4.78, 5) is 38.8. The molecule has 1 saturated carbocycles. The van der Waals surface area contributed by atoms with Crippen molar-refractivity contribution < 1.29 is 29.0 Å². The SMILES string of the molecule is O=C(ON(CCCCc1ccc2c(n1)NCCC2)[C@@H](CCO)C(=O)O)c1c(F)cncc1C1CC1. The molecule has 1 aliphatic carbocycles. The molecule has 0 unspecified atom stereocenters. The maximum atomic E-state index is 14.5. The minimum absolute atomic E-state index is 0.0560. The Kier molecular flexibility index (Phi) is 8.25. The molecule has 9 nitrogen and oxygen atoms in total. The second-order valence-corrected chi connectivity index (χ2v) is 9.04. The topological polar surface area (TPSA) is 125 Å². The van der Waals surface area contributed by atoms with E-state index < -0.39 is 30.4 Å². The Morgan fingerprint density at radius 3 is 2.83 bits per heavy atom. The van der Waals surface area contributed by atoms with E-state index in [9.17, 15) is 24.2 Å². The quantitative estimate of drug-likeness (QED) is 0.307. The van der Waals surface area contributed by atoms with E-state index in [4.69, 9.17) is 4.84 Å². The first-order valence-corrected chi connectivity index (χ1v) is 12.2. The van der Waals surface area contributed by atoms with Crippen molar-refractivity contribution in [3.63, 3.8) is 0 Å². The number of carbonyl (C=O) groups excluding carboxylic acids is 1. The van der Waals surface area contributed by atoms with Crippen molar-refractivity contribution in [3.05, 3.63) is 52.7 Å². The van der Waals surface area contributed by atoms with Crippen molar-refractivity contribution >= 4 is 17.8 Å². The predicted molar refractivity (Wildman–Crippen MR) is 125 cm³/mol. The molecule has 10 heteroatoms. The highest BCUT2D eigenvalue weighted by atomic mass is 19.1. The lowest BCUT2D eigenvalue weighted by atomic mass is 10.1. The molecule has 2 aromatic heterocycles. The maximum Gasteiger partial charge on any atom is 0.360 e. The third kappa shape index (κ3) is 6.32. The molecule has 1 fully saturated rings. The molecular formula is C25H31FN4O5. The number of carboxylic acids is 1. The Morgan fingerprint density at radius 2 is 2.09 bits per heavy atom. The number of fused-ring (bicyclic) bond motifs is 1. The average molecular weight is 487 g/mol. The Hall–Kier alpha value is -3.11. The molecule has 3 heterocycles. The van der Waals surface area contributed by atoms with E-state index in [0.717, 1.165) is 55.0 Å². The first-order chi connectivity index (χ1) is 17.0. The Bertz CT molecular complexity index is 1060.